The Kier molecular flexibility index (Phi) is 4.80. The number of hydrogen-bond acceptors (Lipinski definition) is 4. The van der Waals surface area contributed by atoms with Gasteiger partial charge in [0.25, 0.3) is 0 Å². The fourth-order valence-corrected chi connectivity index (χ4v) is 3.79. The number of aromatic hydroxyl groups is 1. The van der Waals surface area contributed by atoms with Crippen molar-refractivity contribution in [2.75, 3.05) is 18.5 Å². The van der Waals surface area contributed by atoms with Crippen LogP contribution in [-0.4, -0.2) is 30.2 Å². The van der Waals surface area contributed by atoms with Crippen LogP contribution < -0.4 is 15.4 Å². The number of amides is 1. The molecule has 2 aromatic rings. The number of phenolic OH excluding ortho intramolecular Hbond substituents is 1. The number of phenols is 1. The smallest absolute Gasteiger partial charge is 0.224 e. The summed E-state index contributed by atoms with van der Waals surface area (Å²) in [7, 11) is 0. The topological polar surface area (TPSA) is 70.6 Å². The number of anilines is 1. The van der Waals surface area contributed by atoms with Crippen LogP contribution in [0.2, 0.25) is 0 Å². The molecule has 1 atom stereocenters. The summed E-state index contributed by atoms with van der Waals surface area (Å²) in [5, 5.41) is 16.1. The molecule has 26 heavy (non-hydrogen) atoms. The Morgan fingerprint density at radius 2 is 1.96 bits per heavy atom. The molecule has 0 saturated carbocycles. The minimum atomic E-state index is 0.0694. The lowest BCUT2D eigenvalue weighted by atomic mass is 9.88. The predicted octanol–water partition coefficient (Wildman–Crippen LogP) is 2.80. The third kappa shape index (κ3) is 3.83. The standard InChI is InChI=1S/C21H24N2O3/c24-18-6-2-14-1-5-17(11-16(14)12-18)22-9-10-26-19-7-3-15-4-8-21(25)23-20(15)13-19/h2-3,6-7,12-13,17,22,24H,1,4-5,8-11H2,(H,23,25). The van der Waals surface area contributed by atoms with Crippen molar-refractivity contribution in [2.45, 2.75) is 38.1 Å². The molecule has 0 radical (unpaired) electrons. The predicted molar refractivity (Wildman–Crippen MR) is 101 cm³/mol. The van der Waals surface area contributed by atoms with E-state index in [0.717, 1.165) is 43.7 Å². The molecular formula is C21H24N2O3. The number of carbonyl (C=O) groups is 1. The zero-order valence-electron chi connectivity index (χ0n) is 14.8. The Hall–Kier alpha value is -2.53. The van der Waals surface area contributed by atoms with Gasteiger partial charge in [0, 0.05) is 30.8 Å². The summed E-state index contributed by atoms with van der Waals surface area (Å²) in [5.74, 6) is 1.19. The van der Waals surface area contributed by atoms with Gasteiger partial charge in [0.1, 0.15) is 18.1 Å². The Morgan fingerprint density at radius 1 is 1.08 bits per heavy atom. The molecular weight excluding hydrogens is 328 g/mol. The molecule has 1 aliphatic carbocycles. The normalized spacial score (nSPS) is 18.6. The fraction of sp³-hybridized carbons (Fsp3) is 0.381. The minimum absolute atomic E-state index is 0.0694. The highest BCUT2D eigenvalue weighted by molar-refractivity contribution is 5.94. The van der Waals surface area contributed by atoms with E-state index in [0.29, 0.717) is 24.8 Å². The molecule has 0 aromatic heterocycles. The number of rotatable bonds is 5. The van der Waals surface area contributed by atoms with Crippen molar-refractivity contribution in [3.63, 3.8) is 0 Å². The quantitative estimate of drug-likeness (QED) is 0.724. The minimum Gasteiger partial charge on any atom is -0.508 e. The second kappa shape index (κ2) is 7.38. The molecule has 136 valence electrons. The van der Waals surface area contributed by atoms with E-state index in [1.54, 1.807) is 6.07 Å². The first-order valence-electron chi connectivity index (χ1n) is 9.27. The number of aryl methyl sites for hydroxylation is 2. The zero-order chi connectivity index (χ0) is 17.9. The van der Waals surface area contributed by atoms with E-state index in [4.69, 9.17) is 4.74 Å². The zero-order valence-corrected chi connectivity index (χ0v) is 14.8. The lowest BCUT2D eigenvalue weighted by molar-refractivity contribution is -0.116. The van der Waals surface area contributed by atoms with Gasteiger partial charge in [0.15, 0.2) is 0 Å². The largest absolute Gasteiger partial charge is 0.508 e. The first-order chi connectivity index (χ1) is 12.7. The van der Waals surface area contributed by atoms with Gasteiger partial charge in [-0.25, -0.2) is 0 Å². The summed E-state index contributed by atoms with van der Waals surface area (Å²) >= 11 is 0. The van der Waals surface area contributed by atoms with Crippen molar-refractivity contribution in [3.05, 3.63) is 53.1 Å². The molecule has 0 fully saturated rings. The molecule has 1 amide bonds. The highest BCUT2D eigenvalue weighted by Gasteiger charge is 2.18. The number of hydrogen-bond donors (Lipinski definition) is 3. The average molecular weight is 352 g/mol. The van der Waals surface area contributed by atoms with Crippen LogP contribution in [0.5, 0.6) is 11.5 Å². The second-order valence-corrected chi connectivity index (χ2v) is 7.06. The van der Waals surface area contributed by atoms with Crippen molar-refractivity contribution in [1.82, 2.24) is 5.32 Å². The van der Waals surface area contributed by atoms with Crippen molar-refractivity contribution < 1.29 is 14.6 Å². The van der Waals surface area contributed by atoms with Gasteiger partial charge in [-0.2, -0.15) is 0 Å². The van der Waals surface area contributed by atoms with Gasteiger partial charge in [0.05, 0.1) is 0 Å². The van der Waals surface area contributed by atoms with Gasteiger partial charge in [-0.3, -0.25) is 4.79 Å². The molecule has 5 nitrogen and oxygen atoms in total. The van der Waals surface area contributed by atoms with E-state index < -0.39 is 0 Å². The van der Waals surface area contributed by atoms with Gasteiger partial charge in [-0.15, -0.1) is 0 Å². The number of benzene rings is 2. The molecule has 4 rings (SSSR count). The maximum absolute atomic E-state index is 11.5. The lowest BCUT2D eigenvalue weighted by Crippen LogP contribution is -2.37. The number of ether oxygens (including phenoxy) is 1. The Morgan fingerprint density at radius 3 is 2.88 bits per heavy atom. The van der Waals surface area contributed by atoms with Crippen LogP contribution in [0.3, 0.4) is 0 Å². The monoisotopic (exact) mass is 352 g/mol. The molecule has 2 aromatic carbocycles. The maximum Gasteiger partial charge on any atom is 0.224 e. The van der Waals surface area contributed by atoms with Gasteiger partial charge in [0.2, 0.25) is 5.91 Å². The molecule has 2 aliphatic rings. The van der Waals surface area contributed by atoms with E-state index in [-0.39, 0.29) is 5.91 Å². The molecule has 3 N–H and O–H groups in total. The highest BCUT2D eigenvalue weighted by Crippen LogP contribution is 2.27. The molecule has 1 heterocycles. The SMILES string of the molecule is O=C1CCc2ccc(OCCNC3CCc4ccc(O)cc4C3)cc2N1. The Labute approximate surface area is 153 Å². The maximum atomic E-state index is 11.5. The number of fused-ring (bicyclic) bond motifs is 2. The fourth-order valence-electron chi connectivity index (χ4n) is 3.79. The summed E-state index contributed by atoms with van der Waals surface area (Å²) in [5.41, 5.74) is 4.61. The van der Waals surface area contributed by atoms with Crippen LogP contribution in [0.15, 0.2) is 36.4 Å². The van der Waals surface area contributed by atoms with Crippen molar-refractivity contribution >= 4 is 11.6 Å². The molecule has 1 unspecified atom stereocenters. The lowest BCUT2D eigenvalue weighted by Gasteiger charge is -2.25. The second-order valence-electron chi connectivity index (χ2n) is 7.06. The molecule has 0 saturated heterocycles. The summed E-state index contributed by atoms with van der Waals surface area (Å²) < 4.78 is 5.83. The summed E-state index contributed by atoms with van der Waals surface area (Å²) in [6.45, 7) is 1.35. The van der Waals surface area contributed by atoms with Crippen molar-refractivity contribution in [1.29, 1.82) is 0 Å². The van der Waals surface area contributed by atoms with E-state index in [1.165, 1.54) is 16.7 Å². The highest BCUT2D eigenvalue weighted by atomic mass is 16.5. The van der Waals surface area contributed by atoms with Gasteiger partial charge < -0.3 is 20.5 Å². The average Bonchev–Trinajstić information content (AvgIpc) is 2.64. The Bertz CT molecular complexity index is 819. The van der Waals surface area contributed by atoms with Gasteiger partial charge in [-0.05, 0) is 60.6 Å². The van der Waals surface area contributed by atoms with E-state index >= 15 is 0 Å². The van der Waals surface area contributed by atoms with Crippen molar-refractivity contribution in [2.24, 2.45) is 0 Å². The molecule has 1 aliphatic heterocycles. The summed E-state index contributed by atoms with van der Waals surface area (Å²) in [6, 6.07) is 12.0. The first-order valence-corrected chi connectivity index (χ1v) is 9.27. The van der Waals surface area contributed by atoms with E-state index in [9.17, 15) is 9.90 Å². The molecule has 5 heteroatoms. The Balaban J connectivity index is 1.26. The van der Waals surface area contributed by atoms with Crippen LogP contribution in [0.1, 0.15) is 29.5 Å². The van der Waals surface area contributed by atoms with Crippen LogP contribution >= 0.6 is 0 Å². The van der Waals surface area contributed by atoms with Crippen LogP contribution in [-0.2, 0) is 24.1 Å². The van der Waals surface area contributed by atoms with E-state index in [1.807, 2.05) is 30.3 Å². The summed E-state index contributed by atoms with van der Waals surface area (Å²) in [6.07, 6.45) is 4.43. The third-order valence-corrected chi connectivity index (χ3v) is 5.20. The van der Waals surface area contributed by atoms with Gasteiger partial charge >= 0.3 is 0 Å². The third-order valence-electron chi connectivity index (χ3n) is 5.20. The van der Waals surface area contributed by atoms with E-state index in [2.05, 4.69) is 10.6 Å². The molecule has 0 spiro atoms. The van der Waals surface area contributed by atoms with Gasteiger partial charge in [-0.1, -0.05) is 12.1 Å². The molecule has 0 bridgehead atoms. The number of nitrogens with one attached hydrogen (secondary N) is 2. The first kappa shape index (κ1) is 16.9. The number of carbonyl (C=O) groups excluding carboxylic acids is 1. The van der Waals surface area contributed by atoms with Crippen molar-refractivity contribution in [3.8, 4) is 11.5 Å². The van der Waals surface area contributed by atoms with Crippen LogP contribution in [0.25, 0.3) is 0 Å². The summed E-state index contributed by atoms with van der Waals surface area (Å²) in [4.78, 5) is 11.5. The van der Waals surface area contributed by atoms with Crippen LogP contribution in [0.4, 0.5) is 5.69 Å². The van der Waals surface area contributed by atoms with Crippen LogP contribution in [0, 0.1) is 0 Å².